The van der Waals surface area contributed by atoms with Crippen LogP contribution in [0.2, 0.25) is 5.02 Å². The van der Waals surface area contributed by atoms with Gasteiger partial charge in [0.15, 0.2) is 5.16 Å². The molecular weight excluding hydrogens is 602 g/mol. The average molecular weight is 623 g/mol. The number of thioether (sulfide) groups is 1. The average Bonchev–Trinajstić information content (AvgIpc) is 3.65. The van der Waals surface area contributed by atoms with Gasteiger partial charge >= 0.3 is 0 Å². The van der Waals surface area contributed by atoms with Gasteiger partial charge in [0.2, 0.25) is 20.7 Å². The highest BCUT2D eigenvalue weighted by Crippen LogP contribution is 2.47. The van der Waals surface area contributed by atoms with Gasteiger partial charge in [0.05, 0.1) is 28.5 Å². The number of carbonyl (C=O) groups excluding carboxylic acids is 1. The smallest absolute Gasteiger partial charge is 0.238 e. The first-order chi connectivity index (χ1) is 17.7. The Labute approximate surface area is 230 Å². The lowest BCUT2D eigenvalue weighted by atomic mass is 9.98. The van der Waals surface area contributed by atoms with E-state index in [9.17, 15) is 13.2 Å². The summed E-state index contributed by atoms with van der Waals surface area (Å²) in [5, 5.41) is 19.0. The number of rotatable bonds is 8. The fraction of sp³-hybridized carbons (Fsp3) is 0.208. The van der Waals surface area contributed by atoms with Crippen LogP contribution in [0, 0.1) is 0 Å². The van der Waals surface area contributed by atoms with Gasteiger partial charge in [-0.3, -0.25) is 9.36 Å². The number of primary sulfonamides is 1. The number of benzene rings is 3. The van der Waals surface area contributed by atoms with Crippen LogP contribution < -0.4 is 15.2 Å². The zero-order valence-electron chi connectivity index (χ0n) is 19.4. The molecule has 1 fully saturated rings. The quantitative estimate of drug-likeness (QED) is 0.262. The fourth-order valence-corrected chi connectivity index (χ4v) is 6.22. The van der Waals surface area contributed by atoms with Crippen molar-refractivity contribution >= 4 is 71.7 Å². The molecule has 1 aromatic heterocycles. The zero-order valence-corrected chi connectivity index (χ0v) is 23.4. The minimum Gasteiger partial charge on any atom is -0.495 e. The summed E-state index contributed by atoms with van der Waals surface area (Å²) in [7, 11) is -2.27. The molecule has 5 rings (SSSR count). The van der Waals surface area contributed by atoms with Gasteiger partial charge in [-0.1, -0.05) is 47.6 Å². The van der Waals surface area contributed by atoms with Crippen molar-refractivity contribution < 1.29 is 17.9 Å². The van der Waals surface area contributed by atoms with E-state index < -0.39 is 10.0 Å². The Hall–Kier alpha value is -2.64. The third-order valence-corrected chi connectivity index (χ3v) is 8.61. The molecule has 3 aromatic carbocycles. The number of hydrogen-bond acceptors (Lipinski definition) is 7. The highest BCUT2D eigenvalue weighted by Gasteiger charge is 2.29. The van der Waals surface area contributed by atoms with Gasteiger partial charge in [0.1, 0.15) is 11.4 Å². The number of amides is 1. The number of halogens is 2. The van der Waals surface area contributed by atoms with Crippen LogP contribution in [0.15, 0.2) is 63.3 Å². The number of anilines is 1. The second-order valence-corrected chi connectivity index (χ2v) is 12.1. The van der Waals surface area contributed by atoms with Crippen LogP contribution in [0.5, 0.6) is 5.75 Å². The lowest BCUT2D eigenvalue weighted by Crippen LogP contribution is -2.16. The van der Waals surface area contributed by atoms with Crippen LogP contribution in [-0.2, 0) is 14.8 Å². The minimum atomic E-state index is -3.91. The number of nitrogens with zero attached hydrogens (tertiary/aromatic N) is 3. The van der Waals surface area contributed by atoms with E-state index in [0.29, 0.717) is 21.6 Å². The molecule has 13 heteroatoms. The number of hydrogen-bond donors (Lipinski definition) is 2. The van der Waals surface area contributed by atoms with Gasteiger partial charge in [0.25, 0.3) is 0 Å². The third kappa shape index (κ3) is 5.34. The van der Waals surface area contributed by atoms with E-state index >= 15 is 0 Å². The maximum absolute atomic E-state index is 12.7. The van der Waals surface area contributed by atoms with Crippen molar-refractivity contribution in [1.29, 1.82) is 0 Å². The van der Waals surface area contributed by atoms with Gasteiger partial charge < -0.3 is 10.1 Å². The molecule has 3 N–H and O–H groups in total. The maximum atomic E-state index is 12.7. The van der Waals surface area contributed by atoms with E-state index in [1.165, 1.54) is 35.5 Å². The monoisotopic (exact) mass is 621 g/mol. The van der Waals surface area contributed by atoms with Crippen molar-refractivity contribution in [1.82, 2.24) is 14.8 Å². The van der Waals surface area contributed by atoms with E-state index in [4.69, 9.17) is 21.5 Å². The van der Waals surface area contributed by atoms with Crippen molar-refractivity contribution in [3.63, 3.8) is 0 Å². The summed E-state index contributed by atoms with van der Waals surface area (Å²) in [6.45, 7) is 0. The van der Waals surface area contributed by atoms with Crippen LogP contribution in [0.4, 0.5) is 5.69 Å². The molecule has 0 atom stereocenters. The van der Waals surface area contributed by atoms with E-state index in [1.807, 2.05) is 22.8 Å². The molecule has 37 heavy (non-hydrogen) atoms. The molecule has 1 aliphatic carbocycles. The number of aromatic nitrogens is 3. The van der Waals surface area contributed by atoms with E-state index in [1.54, 1.807) is 7.11 Å². The molecule has 1 amide bonds. The number of nitrogens with one attached hydrogen (secondary N) is 1. The molecule has 9 nitrogen and oxygen atoms in total. The fourth-order valence-electron chi connectivity index (χ4n) is 4.10. The lowest BCUT2D eigenvalue weighted by Gasteiger charge is -2.18. The Morgan fingerprint density at radius 2 is 1.95 bits per heavy atom. The Balaban J connectivity index is 1.43. The molecular formula is C24H21BrClN5O4S2. The number of methoxy groups -OCH3 is 1. The Morgan fingerprint density at radius 1 is 1.22 bits per heavy atom. The molecule has 4 aromatic rings. The number of fused-ring (bicyclic) bond motifs is 1. The summed E-state index contributed by atoms with van der Waals surface area (Å²) >= 11 is 10.8. The number of ether oxygens (including phenoxy) is 1. The summed E-state index contributed by atoms with van der Waals surface area (Å²) in [6, 6.07) is 14.1. The molecule has 0 spiro atoms. The lowest BCUT2D eigenvalue weighted by molar-refractivity contribution is -0.113. The molecule has 0 radical (unpaired) electrons. The summed E-state index contributed by atoms with van der Waals surface area (Å²) in [5.74, 6) is 0.857. The SMILES string of the molecule is COc1cc(C2CC2)c2ccccc2c1-n1c(Br)nnc1SCC(=O)Nc1ccc(S(N)(=O)=O)cc1Cl. The van der Waals surface area contributed by atoms with Crippen LogP contribution in [0.25, 0.3) is 16.5 Å². The van der Waals surface area contributed by atoms with E-state index in [-0.39, 0.29) is 27.3 Å². The third-order valence-electron chi connectivity index (χ3n) is 5.94. The van der Waals surface area contributed by atoms with E-state index in [0.717, 1.165) is 29.3 Å². The predicted octanol–water partition coefficient (Wildman–Crippen LogP) is 5.10. The Morgan fingerprint density at radius 3 is 2.59 bits per heavy atom. The molecule has 0 unspecified atom stereocenters. The zero-order chi connectivity index (χ0) is 26.3. The Bertz CT molecular complexity index is 1640. The van der Waals surface area contributed by atoms with E-state index in [2.05, 4.69) is 43.6 Å². The van der Waals surface area contributed by atoms with Crippen LogP contribution in [-0.4, -0.2) is 42.0 Å². The molecule has 192 valence electrons. The highest BCUT2D eigenvalue weighted by atomic mass is 79.9. The van der Waals surface area contributed by atoms with Crippen molar-refractivity contribution in [2.24, 2.45) is 5.14 Å². The summed E-state index contributed by atoms with van der Waals surface area (Å²) < 4.78 is 31.1. The van der Waals surface area contributed by atoms with Crippen molar-refractivity contribution in [2.45, 2.75) is 28.8 Å². The van der Waals surface area contributed by atoms with Gasteiger partial charge in [-0.05, 0) is 69.9 Å². The summed E-state index contributed by atoms with van der Waals surface area (Å²) in [5.41, 5.74) is 2.31. The molecule has 0 aliphatic heterocycles. The normalized spacial score (nSPS) is 13.6. The van der Waals surface area contributed by atoms with Crippen molar-refractivity contribution in [2.75, 3.05) is 18.2 Å². The number of sulfonamides is 1. The maximum Gasteiger partial charge on any atom is 0.238 e. The first-order valence-corrected chi connectivity index (χ1v) is 14.8. The Kier molecular flexibility index (Phi) is 7.20. The highest BCUT2D eigenvalue weighted by molar-refractivity contribution is 9.10. The molecule has 1 saturated carbocycles. The predicted molar refractivity (Wildman–Crippen MR) is 147 cm³/mol. The molecule has 1 heterocycles. The van der Waals surface area contributed by atoms with Crippen LogP contribution in [0.3, 0.4) is 0 Å². The van der Waals surface area contributed by atoms with Crippen molar-refractivity contribution in [3.05, 3.63) is 63.9 Å². The second-order valence-electron chi connectivity index (χ2n) is 8.45. The largest absolute Gasteiger partial charge is 0.495 e. The van der Waals surface area contributed by atoms with Crippen molar-refractivity contribution in [3.8, 4) is 11.4 Å². The number of carbonyl (C=O) groups is 1. The molecule has 1 aliphatic rings. The number of nitrogens with two attached hydrogens (primary N) is 1. The first-order valence-electron chi connectivity index (χ1n) is 11.1. The van der Waals surface area contributed by atoms with Crippen LogP contribution >= 0.6 is 39.3 Å². The molecule has 0 bridgehead atoms. The second kappa shape index (κ2) is 10.3. The molecule has 0 saturated heterocycles. The topological polar surface area (TPSA) is 129 Å². The van der Waals surface area contributed by atoms with Gasteiger partial charge in [-0.25, -0.2) is 13.6 Å². The summed E-state index contributed by atoms with van der Waals surface area (Å²) in [4.78, 5) is 12.6. The van der Waals surface area contributed by atoms with Gasteiger partial charge in [0, 0.05) is 5.39 Å². The minimum absolute atomic E-state index is 0.00118. The first kappa shape index (κ1) is 26.0. The van der Waals surface area contributed by atoms with Crippen LogP contribution in [0.1, 0.15) is 24.3 Å². The summed E-state index contributed by atoms with van der Waals surface area (Å²) in [6.07, 6.45) is 2.32. The van der Waals surface area contributed by atoms with Gasteiger partial charge in [-0.15, -0.1) is 10.2 Å². The standard InChI is InChI=1S/C24H21BrClN5O4S2/c1-35-20-11-17(13-6-7-13)15-4-2-3-5-16(15)22(20)31-23(25)29-30-24(31)36-12-21(32)28-19-9-8-14(10-18(19)26)37(27,33)34/h2-5,8-11,13H,6-7,12H2,1H3,(H,28,32)(H2,27,33,34). The van der Waals surface area contributed by atoms with Gasteiger partial charge in [-0.2, -0.15) is 0 Å².